The minimum atomic E-state index is -0.434. The fourth-order valence-corrected chi connectivity index (χ4v) is 1.71. The van der Waals surface area contributed by atoms with E-state index in [0.29, 0.717) is 15.9 Å². The van der Waals surface area contributed by atoms with Gasteiger partial charge in [-0.2, -0.15) is 5.26 Å². The summed E-state index contributed by atoms with van der Waals surface area (Å²) < 4.78 is 13.9. The van der Waals surface area contributed by atoms with E-state index >= 15 is 0 Å². The van der Waals surface area contributed by atoms with Gasteiger partial charge in [0.05, 0.1) is 17.3 Å². The minimum absolute atomic E-state index is 0.289. The van der Waals surface area contributed by atoms with Crippen molar-refractivity contribution in [1.29, 1.82) is 5.26 Å². The van der Waals surface area contributed by atoms with Crippen LogP contribution in [0.15, 0.2) is 41.0 Å². The fourth-order valence-electron chi connectivity index (χ4n) is 1.37. The lowest BCUT2D eigenvalue weighted by Crippen LogP contribution is -1.87. The molecule has 78 valence electrons. The van der Waals surface area contributed by atoms with Crippen molar-refractivity contribution in [1.82, 2.24) is 4.98 Å². The number of hydrogen-bond donors (Lipinski definition) is 0. The molecule has 2 rings (SSSR count). The van der Waals surface area contributed by atoms with Crippen molar-refractivity contribution < 1.29 is 4.39 Å². The molecule has 0 fully saturated rings. The van der Waals surface area contributed by atoms with Crippen molar-refractivity contribution in [3.63, 3.8) is 0 Å². The maximum atomic E-state index is 13.2. The summed E-state index contributed by atoms with van der Waals surface area (Å²) in [6.07, 6.45) is 0. The summed E-state index contributed by atoms with van der Waals surface area (Å²) in [6, 6.07) is 11.4. The van der Waals surface area contributed by atoms with Crippen molar-refractivity contribution in [2.45, 2.75) is 0 Å². The number of aromatic nitrogens is 1. The van der Waals surface area contributed by atoms with Crippen LogP contribution >= 0.6 is 15.9 Å². The molecule has 0 atom stereocenters. The maximum absolute atomic E-state index is 13.2. The Morgan fingerprint density at radius 1 is 1.25 bits per heavy atom. The lowest BCUT2D eigenvalue weighted by molar-refractivity contribution is 0.628. The lowest BCUT2D eigenvalue weighted by atomic mass is 10.1. The smallest absolute Gasteiger partial charge is 0.125 e. The van der Waals surface area contributed by atoms with Gasteiger partial charge >= 0.3 is 0 Å². The van der Waals surface area contributed by atoms with E-state index in [1.165, 1.54) is 12.1 Å². The van der Waals surface area contributed by atoms with Gasteiger partial charge in [0, 0.05) is 5.56 Å². The Bertz CT molecular complexity index is 575. The molecular weight excluding hydrogens is 271 g/mol. The molecule has 0 aliphatic heterocycles. The van der Waals surface area contributed by atoms with E-state index in [2.05, 4.69) is 20.9 Å². The van der Waals surface area contributed by atoms with Crippen LogP contribution in [0.5, 0.6) is 0 Å². The van der Waals surface area contributed by atoms with E-state index in [1.54, 1.807) is 18.2 Å². The monoisotopic (exact) mass is 276 g/mol. The minimum Gasteiger partial charge on any atom is -0.241 e. The van der Waals surface area contributed by atoms with Crippen LogP contribution in [-0.4, -0.2) is 4.98 Å². The molecule has 0 unspecified atom stereocenters. The first-order chi connectivity index (χ1) is 7.69. The molecule has 0 N–H and O–H groups in total. The third-order valence-corrected chi connectivity index (χ3v) is 2.48. The average Bonchev–Trinajstić information content (AvgIpc) is 2.28. The van der Waals surface area contributed by atoms with E-state index in [4.69, 9.17) is 5.26 Å². The van der Waals surface area contributed by atoms with E-state index in [0.717, 1.165) is 0 Å². The molecule has 0 aliphatic rings. The van der Waals surface area contributed by atoms with Crippen LogP contribution in [0.4, 0.5) is 4.39 Å². The molecule has 1 heterocycles. The van der Waals surface area contributed by atoms with Crippen LogP contribution in [0.1, 0.15) is 5.56 Å². The van der Waals surface area contributed by atoms with Crippen molar-refractivity contribution in [2.24, 2.45) is 0 Å². The molecular formula is C12H6BrFN2. The van der Waals surface area contributed by atoms with Crippen LogP contribution in [-0.2, 0) is 0 Å². The molecule has 0 aliphatic carbocycles. The third-order valence-electron chi connectivity index (χ3n) is 2.04. The second kappa shape index (κ2) is 4.42. The zero-order valence-electron chi connectivity index (χ0n) is 8.11. The zero-order valence-corrected chi connectivity index (χ0v) is 9.70. The Kier molecular flexibility index (Phi) is 2.97. The Morgan fingerprint density at radius 3 is 2.75 bits per heavy atom. The van der Waals surface area contributed by atoms with Crippen LogP contribution < -0.4 is 0 Å². The normalized spacial score (nSPS) is 9.81. The highest BCUT2D eigenvalue weighted by Crippen LogP contribution is 2.21. The van der Waals surface area contributed by atoms with Gasteiger partial charge in [0.25, 0.3) is 0 Å². The summed E-state index contributed by atoms with van der Waals surface area (Å²) in [5, 5.41) is 8.74. The SMILES string of the molecule is N#Cc1cc(F)cc(-c2cccc(Br)n2)c1. The highest BCUT2D eigenvalue weighted by atomic mass is 79.9. The Hall–Kier alpha value is -1.73. The highest BCUT2D eigenvalue weighted by Gasteiger charge is 2.04. The molecule has 2 nitrogen and oxygen atoms in total. The highest BCUT2D eigenvalue weighted by molar-refractivity contribution is 9.10. The molecule has 16 heavy (non-hydrogen) atoms. The second-order valence-corrected chi connectivity index (χ2v) is 4.00. The first-order valence-corrected chi connectivity index (χ1v) is 5.32. The molecule has 0 spiro atoms. The van der Waals surface area contributed by atoms with Gasteiger partial charge in [-0.1, -0.05) is 6.07 Å². The number of benzene rings is 1. The number of nitrogens with zero attached hydrogens (tertiary/aromatic N) is 2. The summed E-state index contributed by atoms with van der Waals surface area (Å²) in [6.45, 7) is 0. The summed E-state index contributed by atoms with van der Waals surface area (Å²) in [4.78, 5) is 4.20. The molecule has 4 heteroatoms. The van der Waals surface area contributed by atoms with Crippen LogP contribution in [0.25, 0.3) is 11.3 Å². The predicted octanol–water partition coefficient (Wildman–Crippen LogP) is 3.52. The van der Waals surface area contributed by atoms with Crippen LogP contribution in [0, 0.1) is 17.1 Å². The van der Waals surface area contributed by atoms with Gasteiger partial charge in [-0.15, -0.1) is 0 Å². The summed E-state index contributed by atoms with van der Waals surface area (Å²) >= 11 is 3.24. The summed E-state index contributed by atoms with van der Waals surface area (Å²) in [5.41, 5.74) is 1.51. The first-order valence-electron chi connectivity index (χ1n) is 4.52. The Morgan fingerprint density at radius 2 is 2.06 bits per heavy atom. The van der Waals surface area contributed by atoms with Gasteiger partial charge in [-0.05, 0) is 46.3 Å². The Labute approximate surface area is 100 Å². The number of hydrogen-bond acceptors (Lipinski definition) is 2. The van der Waals surface area contributed by atoms with Crippen molar-refractivity contribution >= 4 is 15.9 Å². The Balaban J connectivity index is 2.56. The van der Waals surface area contributed by atoms with Gasteiger partial charge in [-0.25, -0.2) is 9.37 Å². The molecule has 0 amide bonds. The van der Waals surface area contributed by atoms with Crippen molar-refractivity contribution in [3.05, 3.63) is 52.4 Å². The molecule has 0 saturated carbocycles. The van der Waals surface area contributed by atoms with Gasteiger partial charge < -0.3 is 0 Å². The fraction of sp³-hybridized carbons (Fsp3) is 0. The van der Waals surface area contributed by atoms with E-state index in [1.807, 2.05) is 12.1 Å². The molecule has 1 aromatic carbocycles. The van der Waals surface area contributed by atoms with Crippen LogP contribution in [0.2, 0.25) is 0 Å². The number of rotatable bonds is 1. The predicted molar refractivity (Wildman–Crippen MR) is 62.0 cm³/mol. The molecule has 0 radical (unpaired) electrons. The maximum Gasteiger partial charge on any atom is 0.125 e. The molecule has 2 aromatic rings. The topological polar surface area (TPSA) is 36.7 Å². The van der Waals surface area contributed by atoms with Crippen molar-refractivity contribution in [3.8, 4) is 17.3 Å². The lowest BCUT2D eigenvalue weighted by Gasteiger charge is -2.02. The van der Waals surface area contributed by atoms with E-state index < -0.39 is 5.82 Å². The third kappa shape index (κ3) is 2.26. The first kappa shape index (κ1) is 10.8. The largest absolute Gasteiger partial charge is 0.241 e. The number of halogens is 2. The van der Waals surface area contributed by atoms with Gasteiger partial charge in [0.15, 0.2) is 0 Å². The number of pyridine rings is 1. The summed E-state index contributed by atoms with van der Waals surface area (Å²) in [7, 11) is 0. The van der Waals surface area contributed by atoms with E-state index in [9.17, 15) is 4.39 Å². The standard InChI is InChI=1S/C12H6BrFN2/c13-12-3-1-2-11(16-12)9-4-8(7-15)5-10(14)6-9/h1-6H. The van der Waals surface area contributed by atoms with Crippen molar-refractivity contribution in [2.75, 3.05) is 0 Å². The quantitative estimate of drug-likeness (QED) is 0.748. The number of nitriles is 1. The summed E-state index contributed by atoms with van der Waals surface area (Å²) in [5.74, 6) is -0.434. The van der Waals surface area contributed by atoms with Crippen LogP contribution in [0.3, 0.4) is 0 Å². The van der Waals surface area contributed by atoms with Gasteiger partial charge in [0.1, 0.15) is 10.4 Å². The van der Waals surface area contributed by atoms with Gasteiger partial charge in [0.2, 0.25) is 0 Å². The van der Waals surface area contributed by atoms with E-state index in [-0.39, 0.29) is 5.56 Å². The molecule has 1 aromatic heterocycles. The zero-order chi connectivity index (χ0) is 11.5. The second-order valence-electron chi connectivity index (χ2n) is 3.19. The van der Waals surface area contributed by atoms with Gasteiger partial charge in [-0.3, -0.25) is 0 Å². The molecule has 0 saturated heterocycles. The average molecular weight is 277 g/mol. The molecule has 0 bridgehead atoms.